The van der Waals surface area contributed by atoms with E-state index in [0.717, 1.165) is 11.3 Å². The van der Waals surface area contributed by atoms with Crippen LogP contribution in [0, 0.1) is 17.5 Å². The smallest absolute Gasteiger partial charge is 0.183 e. The molecule has 0 unspecified atom stereocenters. The Bertz CT molecular complexity index is 491. The quantitative estimate of drug-likeness (QED) is 0.806. The Hall–Kier alpha value is -0.950. The number of benzene rings is 1. The molecule has 0 fully saturated rings. The van der Waals surface area contributed by atoms with Crippen molar-refractivity contribution in [3.63, 3.8) is 0 Å². The Balaban J connectivity index is 2.62. The van der Waals surface area contributed by atoms with Crippen molar-refractivity contribution in [1.29, 1.82) is 0 Å². The molecule has 2 rings (SSSR count). The molecule has 0 atom stereocenters. The van der Waals surface area contributed by atoms with E-state index in [0.29, 0.717) is 16.0 Å². The van der Waals surface area contributed by atoms with Gasteiger partial charge in [0.2, 0.25) is 0 Å². The number of aromatic nitrogens is 2. The van der Waals surface area contributed by atoms with E-state index in [1.165, 1.54) is 0 Å². The van der Waals surface area contributed by atoms with Gasteiger partial charge in [0.1, 0.15) is 17.5 Å². The van der Waals surface area contributed by atoms with E-state index < -0.39 is 17.5 Å². The van der Waals surface area contributed by atoms with Crippen molar-refractivity contribution in [1.82, 2.24) is 10.2 Å². The van der Waals surface area contributed by atoms with E-state index in [9.17, 15) is 13.2 Å². The summed E-state index contributed by atoms with van der Waals surface area (Å²) in [5, 5.41) is 7.18. The lowest BCUT2D eigenvalue weighted by Gasteiger charge is -2.00. The molecule has 15 heavy (non-hydrogen) atoms. The Morgan fingerprint density at radius 2 is 1.67 bits per heavy atom. The second kappa shape index (κ2) is 3.90. The molecule has 0 aliphatic rings. The van der Waals surface area contributed by atoms with Crippen LogP contribution in [0.2, 0.25) is 0 Å². The summed E-state index contributed by atoms with van der Waals surface area (Å²) < 4.78 is 39.5. The SMILES string of the molecule is Fc1cc(F)c(-c2nnc(Br)s2)c(F)c1. The van der Waals surface area contributed by atoms with Crippen molar-refractivity contribution in [3.05, 3.63) is 33.5 Å². The Morgan fingerprint density at radius 3 is 2.13 bits per heavy atom. The summed E-state index contributed by atoms with van der Waals surface area (Å²) in [6, 6.07) is 1.21. The van der Waals surface area contributed by atoms with Crippen LogP contribution in [-0.2, 0) is 0 Å². The molecule has 0 radical (unpaired) electrons. The normalized spacial score (nSPS) is 10.7. The predicted molar refractivity (Wildman–Crippen MR) is 52.9 cm³/mol. The number of hydrogen-bond donors (Lipinski definition) is 0. The number of rotatable bonds is 1. The molecule has 0 amide bonds. The van der Waals surface area contributed by atoms with E-state index in [1.54, 1.807) is 0 Å². The van der Waals surface area contributed by atoms with Gasteiger partial charge in [-0.05, 0) is 15.9 Å². The summed E-state index contributed by atoms with van der Waals surface area (Å²) in [5.74, 6) is -2.94. The zero-order chi connectivity index (χ0) is 11.0. The van der Waals surface area contributed by atoms with Gasteiger partial charge in [-0.2, -0.15) is 0 Å². The van der Waals surface area contributed by atoms with Gasteiger partial charge in [-0.25, -0.2) is 13.2 Å². The monoisotopic (exact) mass is 294 g/mol. The minimum Gasteiger partial charge on any atom is -0.207 e. The van der Waals surface area contributed by atoms with Crippen LogP contribution < -0.4 is 0 Å². The molecule has 0 aliphatic heterocycles. The van der Waals surface area contributed by atoms with Crippen molar-refractivity contribution in [2.45, 2.75) is 0 Å². The minimum atomic E-state index is -0.990. The second-order valence-corrected chi connectivity index (χ2v) is 4.86. The van der Waals surface area contributed by atoms with Gasteiger partial charge in [0.15, 0.2) is 8.92 Å². The highest BCUT2D eigenvalue weighted by molar-refractivity contribution is 9.11. The molecule has 2 nitrogen and oxygen atoms in total. The average molecular weight is 295 g/mol. The highest BCUT2D eigenvalue weighted by Gasteiger charge is 2.17. The maximum atomic E-state index is 13.2. The van der Waals surface area contributed by atoms with Crippen molar-refractivity contribution in [3.8, 4) is 10.6 Å². The molecule has 0 bridgehead atoms. The molecule has 7 heteroatoms. The zero-order valence-corrected chi connectivity index (χ0v) is 9.37. The summed E-state index contributed by atoms with van der Waals surface area (Å²) in [4.78, 5) is 0. The van der Waals surface area contributed by atoms with Crippen molar-refractivity contribution < 1.29 is 13.2 Å². The Morgan fingerprint density at radius 1 is 1.07 bits per heavy atom. The maximum absolute atomic E-state index is 13.2. The van der Waals surface area contributed by atoms with Crippen LogP contribution in [0.25, 0.3) is 10.6 Å². The summed E-state index contributed by atoms with van der Waals surface area (Å²) in [7, 11) is 0. The molecule has 1 heterocycles. The van der Waals surface area contributed by atoms with Gasteiger partial charge < -0.3 is 0 Å². The van der Waals surface area contributed by atoms with E-state index >= 15 is 0 Å². The number of halogens is 4. The zero-order valence-electron chi connectivity index (χ0n) is 6.97. The van der Waals surface area contributed by atoms with Gasteiger partial charge in [-0.3, -0.25) is 0 Å². The molecule has 0 saturated heterocycles. The second-order valence-electron chi connectivity index (χ2n) is 2.60. The highest BCUT2D eigenvalue weighted by atomic mass is 79.9. The van der Waals surface area contributed by atoms with Crippen LogP contribution in [0.5, 0.6) is 0 Å². The fourth-order valence-electron chi connectivity index (χ4n) is 1.05. The molecule has 2 aromatic rings. The van der Waals surface area contributed by atoms with Gasteiger partial charge in [0, 0.05) is 12.1 Å². The first-order valence-electron chi connectivity index (χ1n) is 3.72. The van der Waals surface area contributed by atoms with Crippen molar-refractivity contribution >= 4 is 27.3 Å². The molecule has 1 aromatic heterocycles. The fourth-order valence-corrected chi connectivity index (χ4v) is 2.21. The van der Waals surface area contributed by atoms with Crippen LogP contribution in [0.4, 0.5) is 13.2 Å². The van der Waals surface area contributed by atoms with Gasteiger partial charge in [0.25, 0.3) is 0 Å². The number of nitrogens with zero attached hydrogens (tertiary/aromatic N) is 2. The summed E-state index contributed by atoms with van der Waals surface area (Å²) in [6.07, 6.45) is 0. The molecule has 78 valence electrons. The molecule has 0 N–H and O–H groups in total. The predicted octanol–water partition coefficient (Wildman–Crippen LogP) is 3.38. The minimum absolute atomic E-state index is 0.0666. The van der Waals surface area contributed by atoms with Gasteiger partial charge >= 0.3 is 0 Å². The molecule has 0 spiro atoms. The molecule has 0 saturated carbocycles. The van der Waals surface area contributed by atoms with E-state index in [-0.39, 0.29) is 10.6 Å². The van der Waals surface area contributed by atoms with E-state index in [4.69, 9.17) is 0 Å². The third-order valence-electron chi connectivity index (χ3n) is 1.62. The first kappa shape index (κ1) is 10.6. The van der Waals surface area contributed by atoms with Crippen LogP contribution in [-0.4, -0.2) is 10.2 Å². The maximum Gasteiger partial charge on any atom is 0.183 e. The molecule has 1 aromatic carbocycles. The first-order chi connectivity index (χ1) is 7.08. The van der Waals surface area contributed by atoms with Gasteiger partial charge in [-0.1, -0.05) is 11.3 Å². The largest absolute Gasteiger partial charge is 0.207 e. The Kier molecular flexibility index (Phi) is 2.74. The lowest BCUT2D eigenvalue weighted by Crippen LogP contribution is -1.91. The summed E-state index contributed by atoms with van der Waals surface area (Å²) in [5.41, 5.74) is -0.361. The lowest BCUT2D eigenvalue weighted by molar-refractivity contribution is 0.547. The third-order valence-corrected chi connectivity index (χ3v) is 2.99. The highest BCUT2D eigenvalue weighted by Crippen LogP contribution is 2.30. The summed E-state index contributed by atoms with van der Waals surface area (Å²) >= 11 is 3.99. The average Bonchev–Trinajstić information content (AvgIpc) is 2.49. The van der Waals surface area contributed by atoms with E-state index in [2.05, 4.69) is 26.1 Å². The molecular formula is C8H2BrF3N2S. The molecular weight excluding hydrogens is 293 g/mol. The lowest BCUT2D eigenvalue weighted by atomic mass is 10.2. The molecule has 0 aliphatic carbocycles. The third kappa shape index (κ3) is 2.03. The first-order valence-corrected chi connectivity index (χ1v) is 5.33. The van der Waals surface area contributed by atoms with Gasteiger partial charge in [0.05, 0.1) is 5.56 Å². The Labute approximate surface area is 94.9 Å². The standard InChI is InChI=1S/C8H2BrF3N2S/c9-8-14-13-7(15-8)6-4(11)1-3(10)2-5(6)12/h1-2H. The van der Waals surface area contributed by atoms with Crippen LogP contribution in [0.1, 0.15) is 0 Å². The van der Waals surface area contributed by atoms with Crippen molar-refractivity contribution in [2.24, 2.45) is 0 Å². The summed E-state index contributed by atoms with van der Waals surface area (Å²) in [6.45, 7) is 0. The topological polar surface area (TPSA) is 25.8 Å². The van der Waals surface area contributed by atoms with Gasteiger partial charge in [-0.15, -0.1) is 10.2 Å². The van der Waals surface area contributed by atoms with E-state index in [1.807, 2.05) is 0 Å². The van der Waals surface area contributed by atoms with Crippen LogP contribution in [0.15, 0.2) is 16.0 Å². The van der Waals surface area contributed by atoms with Crippen LogP contribution >= 0.6 is 27.3 Å². The fraction of sp³-hybridized carbons (Fsp3) is 0. The number of hydrogen-bond acceptors (Lipinski definition) is 3. The van der Waals surface area contributed by atoms with Crippen LogP contribution in [0.3, 0.4) is 0 Å². The van der Waals surface area contributed by atoms with Crippen molar-refractivity contribution in [2.75, 3.05) is 0 Å².